The van der Waals surface area contributed by atoms with Crippen LogP contribution in [0.4, 0.5) is 10.1 Å². The van der Waals surface area contributed by atoms with Crippen molar-refractivity contribution in [1.29, 1.82) is 0 Å². The number of amides is 1. The van der Waals surface area contributed by atoms with Crippen molar-refractivity contribution in [3.8, 4) is 0 Å². The molecule has 1 aromatic carbocycles. The van der Waals surface area contributed by atoms with Crippen molar-refractivity contribution in [3.05, 3.63) is 29.6 Å². The predicted octanol–water partition coefficient (Wildman–Crippen LogP) is 2.04. The van der Waals surface area contributed by atoms with Gasteiger partial charge in [-0.15, -0.1) is 0 Å². The molecule has 2 N–H and O–H groups in total. The van der Waals surface area contributed by atoms with E-state index in [1.54, 1.807) is 19.2 Å². The molecule has 2 rings (SSSR count). The molecule has 0 bridgehead atoms. The fraction of sp³-hybridized carbons (Fsp3) is 0.562. The zero-order valence-electron chi connectivity index (χ0n) is 12.8. The van der Waals surface area contributed by atoms with Crippen LogP contribution in [0.25, 0.3) is 0 Å². The monoisotopic (exact) mass is 293 g/mol. The van der Waals surface area contributed by atoms with E-state index in [0.29, 0.717) is 6.54 Å². The van der Waals surface area contributed by atoms with E-state index in [9.17, 15) is 9.18 Å². The molecule has 116 valence electrons. The maximum Gasteiger partial charge on any atom is 0.242 e. The van der Waals surface area contributed by atoms with E-state index in [2.05, 4.69) is 22.5 Å². The lowest BCUT2D eigenvalue weighted by molar-refractivity contribution is -0.121. The van der Waals surface area contributed by atoms with Gasteiger partial charge in [0, 0.05) is 25.8 Å². The zero-order valence-corrected chi connectivity index (χ0v) is 12.8. The minimum absolute atomic E-state index is 0.0318. The molecule has 1 amide bonds. The number of benzene rings is 1. The number of carbonyl (C=O) groups excluding carboxylic acids is 1. The molecule has 1 heterocycles. The third-order valence-corrected chi connectivity index (χ3v) is 3.90. The third kappa shape index (κ3) is 3.73. The maximum atomic E-state index is 13.5. The van der Waals surface area contributed by atoms with Crippen molar-refractivity contribution in [2.75, 3.05) is 25.0 Å². The fourth-order valence-electron chi connectivity index (χ4n) is 2.87. The largest absolute Gasteiger partial charge is 0.359 e. The molecule has 1 aliphatic heterocycles. The van der Waals surface area contributed by atoms with E-state index in [4.69, 9.17) is 0 Å². The number of hydrogen-bond acceptors (Lipinski definition) is 3. The van der Waals surface area contributed by atoms with Gasteiger partial charge in [0.25, 0.3) is 0 Å². The number of carbonyl (C=O) groups is 1. The number of nitrogens with one attached hydrogen (secondary N) is 2. The van der Waals surface area contributed by atoms with Gasteiger partial charge in [-0.25, -0.2) is 4.39 Å². The first-order valence-corrected chi connectivity index (χ1v) is 7.64. The molecule has 21 heavy (non-hydrogen) atoms. The van der Waals surface area contributed by atoms with Crippen LogP contribution in [0.1, 0.15) is 31.7 Å². The molecule has 1 fully saturated rings. The lowest BCUT2D eigenvalue weighted by atomic mass is 10.1. The first kappa shape index (κ1) is 15.8. The van der Waals surface area contributed by atoms with E-state index in [-0.39, 0.29) is 17.8 Å². The molecule has 1 aliphatic rings. The van der Waals surface area contributed by atoms with Gasteiger partial charge in [0.2, 0.25) is 5.91 Å². The standard InChI is InChI=1S/C16H24FN3O/c1-3-8-19-11-12-10-13(17)6-7-14(12)20-9-4-5-15(20)16(21)18-2/h6-7,10,15,19H,3-5,8-9,11H2,1-2H3,(H,18,21). The summed E-state index contributed by atoms with van der Waals surface area (Å²) in [6, 6.07) is 4.68. The van der Waals surface area contributed by atoms with Crippen LogP contribution in [0.5, 0.6) is 0 Å². The van der Waals surface area contributed by atoms with E-state index in [1.807, 2.05) is 0 Å². The molecule has 1 aromatic rings. The second-order valence-corrected chi connectivity index (χ2v) is 5.42. The number of likely N-dealkylation sites (N-methyl/N-ethyl adjacent to an activating group) is 1. The topological polar surface area (TPSA) is 44.4 Å². The minimum Gasteiger partial charge on any atom is -0.359 e. The fourth-order valence-corrected chi connectivity index (χ4v) is 2.87. The highest BCUT2D eigenvalue weighted by Gasteiger charge is 2.31. The van der Waals surface area contributed by atoms with Crippen LogP contribution >= 0.6 is 0 Å². The second-order valence-electron chi connectivity index (χ2n) is 5.42. The SMILES string of the molecule is CCCNCc1cc(F)ccc1N1CCCC1C(=O)NC. The van der Waals surface area contributed by atoms with Gasteiger partial charge in [0.05, 0.1) is 0 Å². The molecule has 0 aliphatic carbocycles. The highest BCUT2D eigenvalue weighted by Crippen LogP contribution is 2.29. The summed E-state index contributed by atoms with van der Waals surface area (Å²) in [6.07, 6.45) is 2.87. The van der Waals surface area contributed by atoms with Crippen molar-refractivity contribution >= 4 is 11.6 Å². The Morgan fingerprint density at radius 3 is 3.00 bits per heavy atom. The van der Waals surface area contributed by atoms with E-state index in [1.165, 1.54) is 6.07 Å². The van der Waals surface area contributed by atoms with Gasteiger partial charge in [-0.1, -0.05) is 6.92 Å². The summed E-state index contributed by atoms with van der Waals surface area (Å²) >= 11 is 0. The summed E-state index contributed by atoms with van der Waals surface area (Å²) in [5.74, 6) is -0.202. The summed E-state index contributed by atoms with van der Waals surface area (Å²) in [6.45, 7) is 4.46. The predicted molar refractivity (Wildman–Crippen MR) is 82.8 cm³/mol. The smallest absolute Gasteiger partial charge is 0.242 e. The Balaban J connectivity index is 2.23. The third-order valence-electron chi connectivity index (χ3n) is 3.90. The lowest BCUT2D eigenvalue weighted by Crippen LogP contribution is -2.42. The van der Waals surface area contributed by atoms with Crippen LogP contribution in [0, 0.1) is 5.82 Å². The van der Waals surface area contributed by atoms with Crippen molar-refractivity contribution in [3.63, 3.8) is 0 Å². The second kappa shape index (κ2) is 7.41. The Kier molecular flexibility index (Phi) is 5.56. The van der Waals surface area contributed by atoms with Gasteiger partial charge < -0.3 is 15.5 Å². The molecule has 0 saturated carbocycles. The van der Waals surface area contributed by atoms with Crippen LogP contribution < -0.4 is 15.5 Å². The Bertz CT molecular complexity index is 492. The summed E-state index contributed by atoms with van der Waals surface area (Å²) in [5, 5.41) is 6.03. The van der Waals surface area contributed by atoms with Crippen molar-refractivity contribution in [2.24, 2.45) is 0 Å². The van der Waals surface area contributed by atoms with Gasteiger partial charge in [-0.3, -0.25) is 4.79 Å². The molecule has 0 spiro atoms. The highest BCUT2D eigenvalue weighted by atomic mass is 19.1. The Morgan fingerprint density at radius 2 is 2.29 bits per heavy atom. The normalized spacial score (nSPS) is 18.0. The number of nitrogens with zero attached hydrogens (tertiary/aromatic N) is 1. The number of hydrogen-bond donors (Lipinski definition) is 2. The lowest BCUT2D eigenvalue weighted by Gasteiger charge is -2.28. The van der Waals surface area contributed by atoms with E-state index >= 15 is 0 Å². The van der Waals surface area contributed by atoms with Gasteiger partial charge in [0.15, 0.2) is 0 Å². The average Bonchev–Trinajstić information content (AvgIpc) is 2.96. The first-order valence-electron chi connectivity index (χ1n) is 7.64. The number of rotatable bonds is 6. The molecular weight excluding hydrogens is 269 g/mol. The van der Waals surface area contributed by atoms with Gasteiger partial charge in [0.1, 0.15) is 11.9 Å². The molecule has 5 heteroatoms. The van der Waals surface area contributed by atoms with Crippen LogP contribution in [-0.4, -0.2) is 32.1 Å². The molecule has 1 unspecified atom stereocenters. The zero-order chi connectivity index (χ0) is 15.2. The van der Waals surface area contributed by atoms with Gasteiger partial charge in [-0.2, -0.15) is 0 Å². The van der Waals surface area contributed by atoms with E-state index in [0.717, 1.165) is 43.6 Å². The highest BCUT2D eigenvalue weighted by molar-refractivity contribution is 5.86. The van der Waals surface area contributed by atoms with Crippen LogP contribution in [-0.2, 0) is 11.3 Å². The molecule has 4 nitrogen and oxygen atoms in total. The van der Waals surface area contributed by atoms with Crippen molar-refractivity contribution in [2.45, 2.75) is 38.8 Å². The molecule has 0 aromatic heterocycles. The molecule has 1 atom stereocenters. The summed E-state index contributed by atoms with van der Waals surface area (Å²) < 4.78 is 13.5. The Labute approximate surface area is 125 Å². The Morgan fingerprint density at radius 1 is 1.48 bits per heavy atom. The average molecular weight is 293 g/mol. The summed E-state index contributed by atoms with van der Waals surface area (Å²) in [5.41, 5.74) is 1.88. The van der Waals surface area contributed by atoms with Crippen molar-refractivity contribution in [1.82, 2.24) is 10.6 Å². The van der Waals surface area contributed by atoms with Crippen LogP contribution in [0.2, 0.25) is 0 Å². The van der Waals surface area contributed by atoms with Gasteiger partial charge in [-0.05, 0) is 49.6 Å². The van der Waals surface area contributed by atoms with E-state index < -0.39 is 0 Å². The minimum atomic E-state index is -0.234. The quantitative estimate of drug-likeness (QED) is 0.789. The summed E-state index contributed by atoms with van der Waals surface area (Å²) in [4.78, 5) is 14.1. The maximum absolute atomic E-state index is 13.5. The van der Waals surface area contributed by atoms with Crippen molar-refractivity contribution < 1.29 is 9.18 Å². The van der Waals surface area contributed by atoms with Crippen LogP contribution in [0.3, 0.4) is 0 Å². The first-order chi connectivity index (χ1) is 10.2. The Hall–Kier alpha value is -1.62. The summed E-state index contributed by atoms with van der Waals surface area (Å²) in [7, 11) is 1.66. The van der Waals surface area contributed by atoms with Gasteiger partial charge >= 0.3 is 0 Å². The molecular formula is C16H24FN3O. The number of anilines is 1. The molecule has 1 saturated heterocycles. The molecule has 0 radical (unpaired) electrons. The number of halogens is 1. The van der Waals surface area contributed by atoms with Crippen LogP contribution in [0.15, 0.2) is 18.2 Å².